The van der Waals surface area contributed by atoms with Crippen LogP contribution in [0.1, 0.15) is 29.8 Å². The minimum Gasteiger partial charge on any atom is -0.481 e. The number of nitrogens with zero attached hydrogens (tertiary/aromatic N) is 2. The summed E-state index contributed by atoms with van der Waals surface area (Å²) in [6, 6.07) is 6.82. The summed E-state index contributed by atoms with van der Waals surface area (Å²) in [5.41, 5.74) is 1.62. The smallest absolute Gasteiger partial charge is 0.313 e. The number of aliphatic hydroxyl groups excluding tert-OH is 1. The highest BCUT2D eigenvalue weighted by atomic mass is 16.4. The molecule has 26 heavy (non-hydrogen) atoms. The normalized spacial score (nSPS) is 25.2. The van der Waals surface area contributed by atoms with Crippen molar-refractivity contribution >= 4 is 11.9 Å². The van der Waals surface area contributed by atoms with Crippen LogP contribution >= 0.6 is 0 Å². The highest BCUT2D eigenvalue weighted by molar-refractivity contribution is 5.95. The molecule has 0 aromatic heterocycles. The van der Waals surface area contributed by atoms with Gasteiger partial charge in [-0.25, -0.2) is 0 Å². The number of rotatable bonds is 5. The maximum absolute atomic E-state index is 12.8. The van der Waals surface area contributed by atoms with Crippen molar-refractivity contribution in [1.82, 2.24) is 9.80 Å². The first-order chi connectivity index (χ1) is 12.4. The van der Waals surface area contributed by atoms with Crippen LogP contribution in [0.5, 0.6) is 0 Å². The first-order valence-corrected chi connectivity index (χ1v) is 8.94. The lowest BCUT2D eigenvalue weighted by Gasteiger charge is -2.25. The molecule has 0 spiro atoms. The van der Waals surface area contributed by atoms with Crippen LogP contribution in [0.15, 0.2) is 35.9 Å². The second-order valence-corrected chi connectivity index (χ2v) is 7.67. The van der Waals surface area contributed by atoms with Crippen LogP contribution in [0.25, 0.3) is 0 Å². The van der Waals surface area contributed by atoms with Gasteiger partial charge in [0.25, 0.3) is 5.91 Å². The maximum atomic E-state index is 12.8. The van der Waals surface area contributed by atoms with Crippen molar-refractivity contribution in [1.29, 1.82) is 0 Å². The maximum Gasteiger partial charge on any atom is 0.313 e. The van der Waals surface area contributed by atoms with E-state index in [1.807, 2.05) is 13.8 Å². The highest BCUT2D eigenvalue weighted by Crippen LogP contribution is 2.43. The zero-order valence-corrected chi connectivity index (χ0v) is 15.3. The van der Waals surface area contributed by atoms with E-state index in [0.29, 0.717) is 25.2 Å². The Morgan fingerprint density at radius 3 is 2.42 bits per heavy atom. The molecule has 0 radical (unpaired) electrons. The molecule has 6 heteroatoms. The Balaban J connectivity index is 1.74. The number of aliphatic hydroxyl groups is 1. The Hall–Kier alpha value is -2.18. The molecule has 0 aliphatic carbocycles. The summed E-state index contributed by atoms with van der Waals surface area (Å²) in [6.07, 6.45) is 2.11. The second-order valence-electron chi connectivity index (χ2n) is 7.67. The average molecular weight is 358 g/mol. The lowest BCUT2D eigenvalue weighted by atomic mass is 9.81. The van der Waals surface area contributed by atoms with Gasteiger partial charge in [0.1, 0.15) is 5.41 Å². The molecule has 0 bridgehead atoms. The van der Waals surface area contributed by atoms with Crippen molar-refractivity contribution in [3.63, 3.8) is 0 Å². The molecule has 0 unspecified atom stereocenters. The number of benzene rings is 1. The topological polar surface area (TPSA) is 81.1 Å². The summed E-state index contributed by atoms with van der Waals surface area (Å²) in [7, 11) is 0. The molecule has 2 fully saturated rings. The van der Waals surface area contributed by atoms with Crippen LogP contribution in [0, 0.1) is 11.3 Å². The molecule has 1 aromatic rings. The summed E-state index contributed by atoms with van der Waals surface area (Å²) in [5.74, 6) is -1.00. The van der Waals surface area contributed by atoms with Gasteiger partial charge in [0.05, 0.1) is 6.61 Å². The van der Waals surface area contributed by atoms with E-state index in [2.05, 4.69) is 11.0 Å². The third-order valence-corrected chi connectivity index (χ3v) is 5.53. The van der Waals surface area contributed by atoms with Gasteiger partial charge >= 0.3 is 5.97 Å². The molecular formula is C20H26N2O4. The molecule has 140 valence electrons. The molecule has 1 aromatic carbocycles. The van der Waals surface area contributed by atoms with Crippen LogP contribution in [-0.4, -0.2) is 64.6 Å². The number of likely N-dealkylation sites (tertiary alicyclic amines) is 2. The highest BCUT2D eigenvalue weighted by Gasteiger charge is 2.58. The fourth-order valence-corrected chi connectivity index (χ4v) is 4.01. The van der Waals surface area contributed by atoms with Gasteiger partial charge in [0.2, 0.25) is 0 Å². The number of carbonyl (C=O) groups is 2. The number of carboxylic acid groups (broad SMARTS) is 1. The van der Waals surface area contributed by atoms with E-state index in [9.17, 15) is 14.7 Å². The first kappa shape index (κ1) is 18.6. The number of amides is 1. The molecule has 2 saturated heterocycles. The Labute approximate surface area is 153 Å². The molecule has 6 nitrogen and oxygen atoms in total. The molecule has 2 aliphatic heterocycles. The number of carboxylic acids is 1. The number of carbonyl (C=O) groups excluding carboxylic acids is 1. The summed E-state index contributed by atoms with van der Waals surface area (Å²) in [5, 5.41) is 19.0. The van der Waals surface area contributed by atoms with Gasteiger partial charge in [-0.1, -0.05) is 23.8 Å². The molecule has 1 amide bonds. The molecule has 0 saturated carbocycles. The fraction of sp³-hybridized carbons (Fsp3) is 0.500. The van der Waals surface area contributed by atoms with Gasteiger partial charge in [0.15, 0.2) is 0 Å². The SMILES string of the molecule is CC(C)=CCN1C[C@H]2CN(C(=O)c3ccc(CO)cc3)C[C@@]2(C(=O)O)C1. The number of hydrogen-bond acceptors (Lipinski definition) is 4. The molecule has 2 aliphatic rings. The number of allylic oxidation sites excluding steroid dienone is 1. The summed E-state index contributed by atoms with van der Waals surface area (Å²) in [4.78, 5) is 28.7. The van der Waals surface area contributed by atoms with Crippen LogP contribution in [0.4, 0.5) is 0 Å². The van der Waals surface area contributed by atoms with Gasteiger partial charge in [-0.2, -0.15) is 0 Å². The Kier molecular flexibility index (Phi) is 5.16. The van der Waals surface area contributed by atoms with Gasteiger partial charge in [-0.15, -0.1) is 0 Å². The van der Waals surface area contributed by atoms with Gasteiger partial charge in [0, 0.05) is 44.2 Å². The summed E-state index contributed by atoms with van der Waals surface area (Å²) >= 11 is 0. The lowest BCUT2D eigenvalue weighted by molar-refractivity contribution is -0.148. The summed E-state index contributed by atoms with van der Waals surface area (Å²) < 4.78 is 0. The van der Waals surface area contributed by atoms with Crippen molar-refractivity contribution in [2.75, 3.05) is 32.7 Å². The lowest BCUT2D eigenvalue weighted by Crippen LogP contribution is -2.42. The number of hydrogen-bond donors (Lipinski definition) is 2. The fourth-order valence-electron chi connectivity index (χ4n) is 4.01. The van der Waals surface area contributed by atoms with Crippen molar-refractivity contribution in [3.8, 4) is 0 Å². The monoisotopic (exact) mass is 358 g/mol. The number of fused-ring (bicyclic) bond motifs is 1. The minimum absolute atomic E-state index is 0.0498. The zero-order chi connectivity index (χ0) is 18.9. The molecule has 2 atom stereocenters. The minimum atomic E-state index is -0.879. The van der Waals surface area contributed by atoms with E-state index in [1.165, 1.54) is 5.57 Å². The van der Waals surface area contributed by atoms with E-state index >= 15 is 0 Å². The average Bonchev–Trinajstić information content (AvgIpc) is 3.14. The standard InChI is InChI=1S/C20H26N2O4/c1-14(2)7-8-21-9-17-10-22(13-20(17,12-21)19(25)26)18(24)16-5-3-15(11-23)4-6-16/h3-7,17,23H,8-13H2,1-2H3,(H,25,26)/t17-,20-/m0/s1. The van der Waals surface area contributed by atoms with Gasteiger partial charge in [-0.3, -0.25) is 14.5 Å². The molecule has 2 heterocycles. The van der Waals surface area contributed by atoms with Crippen molar-refractivity contribution in [2.24, 2.45) is 11.3 Å². The molecule has 3 rings (SSSR count). The van der Waals surface area contributed by atoms with Crippen LogP contribution in [0.3, 0.4) is 0 Å². The van der Waals surface area contributed by atoms with Crippen LogP contribution in [-0.2, 0) is 11.4 Å². The second kappa shape index (κ2) is 7.21. The molecular weight excluding hydrogens is 332 g/mol. The third kappa shape index (κ3) is 3.39. The van der Waals surface area contributed by atoms with E-state index in [4.69, 9.17) is 5.11 Å². The van der Waals surface area contributed by atoms with Crippen molar-refractivity contribution in [2.45, 2.75) is 20.5 Å². The predicted octanol–water partition coefficient (Wildman–Crippen LogP) is 1.60. The predicted molar refractivity (Wildman–Crippen MR) is 97.7 cm³/mol. The Morgan fingerprint density at radius 1 is 1.19 bits per heavy atom. The summed E-state index contributed by atoms with van der Waals surface area (Å²) in [6.45, 7) is 6.65. The van der Waals surface area contributed by atoms with Crippen molar-refractivity contribution < 1.29 is 19.8 Å². The van der Waals surface area contributed by atoms with Gasteiger partial charge in [-0.05, 0) is 31.5 Å². The zero-order valence-electron chi connectivity index (χ0n) is 15.3. The van der Waals surface area contributed by atoms with E-state index in [1.54, 1.807) is 29.2 Å². The van der Waals surface area contributed by atoms with Gasteiger partial charge < -0.3 is 15.1 Å². The van der Waals surface area contributed by atoms with Crippen molar-refractivity contribution in [3.05, 3.63) is 47.0 Å². The van der Waals surface area contributed by atoms with Crippen LogP contribution < -0.4 is 0 Å². The largest absolute Gasteiger partial charge is 0.481 e. The van der Waals surface area contributed by atoms with E-state index < -0.39 is 11.4 Å². The van der Waals surface area contributed by atoms with Crippen LogP contribution in [0.2, 0.25) is 0 Å². The van der Waals surface area contributed by atoms with E-state index in [-0.39, 0.29) is 25.0 Å². The Bertz CT molecular complexity index is 724. The molecule has 2 N–H and O–H groups in total. The first-order valence-electron chi connectivity index (χ1n) is 8.94. The number of aliphatic carboxylic acids is 1. The Morgan fingerprint density at radius 2 is 1.88 bits per heavy atom. The third-order valence-electron chi connectivity index (χ3n) is 5.53. The quantitative estimate of drug-likeness (QED) is 0.782. The van der Waals surface area contributed by atoms with E-state index in [0.717, 1.165) is 12.1 Å².